The Kier molecular flexibility index (Phi) is 2.92. The van der Waals surface area contributed by atoms with E-state index in [4.69, 9.17) is 4.42 Å². The molecule has 1 heterocycles. The number of hydrogen-bond donors (Lipinski definition) is 1. The van der Waals surface area contributed by atoms with Crippen molar-refractivity contribution in [2.45, 2.75) is 39.2 Å². The van der Waals surface area contributed by atoms with E-state index in [0.717, 1.165) is 18.2 Å². The van der Waals surface area contributed by atoms with Crippen LogP contribution in [-0.2, 0) is 0 Å². The van der Waals surface area contributed by atoms with E-state index in [1.165, 1.54) is 24.8 Å². The molecular formula is C12H19NO. The molecule has 0 aromatic carbocycles. The third-order valence-electron chi connectivity index (χ3n) is 3.00. The van der Waals surface area contributed by atoms with E-state index in [2.05, 4.69) is 19.2 Å². The molecule has 1 aromatic heterocycles. The van der Waals surface area contributed by atoms with Crippen molar-refractivity contribution in [3.05, 3.63) is 23.7 Å². The van der Waals surface area contributed by atoms with Crippen molar-refractivity contribution in [2.75, 3.05) is 6.54 Å². The van der Waals surface area contributed by atoms with Crippen molar-refractivity contribution in [1.82, 2.24) is 5.32 Å². The van der Waals surface area contributed by atoms with Gasteiger partial charge in [0.15, 0.2) is 0 Å². The quantitative estimate of drug-likeness (QED) is 0.777. The number of rotatable bonds is 5. The Morgan fingerprint density at radius 1 is 1.57 bits per heavy atom. The Balaban J connectivity index is 1.76. The van der Waals surface area contributed by atoms with Crippen LogP contribution in [-0.4, -0.2) is 6.54 Å². The van der Waals surface area contributed by atoms with E-state index in [1.807, 2.05) is 6.07 Å². The SMILES string of the molecule is Cc1ccoc1C(C)NCCC1CC1. The van der Waals surface area contributed by atoms with Crippen LogP contribution in [0.5, 0.6) is 0 Å². The maximum atomic E-state index is 5.44. The lowest BCUT2D eigenvalue weighted by molar-refractivity contribution is 0.423. The van der Waals surface area contributed by atoms with E-state index in [9.17, 15) is 0 Å². The summed E-state index contributed by atoms with van der Waals surface area (Å²) in [6.07, 6.45) is 5.97. The van der Waals surface area contributed by atoms with Crippen LogP contribution in [0.2, 0.25) is 0 Å². The summed E-state index contributed by atoms with van der Waals surface area (Å²) < 4.78 is 5.44. The van der Waals surface area contributed by atoms with Crippen molar-refractivity contribution in [3.8, 4) is 0 Å². The third-order valence-corrected chi connectivity index (χ3v) is 3.00. The maximum Gasteiger partial charge on any atom is 0.123 e. The van der Waals surface area contributed by atoms with Gasteiger partial charge in [0.05, 0.1) is 12.3 Å². The zero-order valence-electron chi connectivity index (χ0n) is 9.05. The molecule has 78 valence electrons. The van der Waals surface area contributed by atoms with E-state index < -0.39 is 0 Å². The Hall–Kier alpha value is -0.760. The molecule has 1 aromatic rings. The molecule has 1 aliphatic rings. The zero-order valence-corrected chi connectivity index (χ0v) is 9.05. The molecule has 1 aliphatic carbocycles. The maximum absolute atomic E-state index is 5.44. The van der Waals surface area contributed by atoms with Crippen LogP contribution < -0.4 is 5.32 Å². The molecule has 2 nitrogen and oxygen atoms in total. The summed E-state index contributed by atoms with van der Waals surface area (Å²) in [4.78, 5) is 0. The molecule has 0 bridgehead atoms. The highest BCUT2D eigenvalue weighted by molar-refractivity contribution is 5.17. The molecule has 1 unspecified atom stereocenters. The van der Waals surface area contributed by atoms with E-state index in [1.54, 1.807) is 6.26 Å². The summed E-state index contributed by atoms with van der Waals surface area (Å²) in [5.74, 6) is 2.09. The largest absolute Gasteiger partial charge is 0.467 e. The fourth-order valence-corrected chi connectivity index (χ4v) is 1.83. The first-order valence-corrected chi connectivity index (χ1v) is 5.54. The second-order valence-electron chi connectivity index (χ2n) is 4.38. The third kappa shape index (κ3) is 2.38. The predicted molar refractivity (Wildman–Crippen MR) is 57.2 cm³/mol. The highest BCUT2D eigenvalue weighted by Gasteiger charge is 2.21. The number of aryl methyl sites for hydroxylation is 1. The Morgan fingerprint density at radius 3 is 2.93 bits per heavy atom. The molecule has 2 rings (SSSR count). The number of furan rings is 1. The normalized spacial score (nSPS) is 18.4. The van der Waals surface area contributed by atoms with Gasteiger partial charge >= 0.3 is 0 Å². The van der Waals surface area contributed by atoms with Crippen LogP contribution in [0.3, 0.4) is 0 Å². The Bertz CT molecular complexity index is 288. The van der Waals surface area contributed by atoms with Crippen LogP contribution in [0.4, 0.5) is 0 Å². The van der Waals surface area contributed by atoms with Gasteiger partial charge in [-0.1, -0.05) is 12.8 Å². The first-order valence-electron chi connectivity index (χ1n) is 5.54. The van der Waals surface area contributed by atoms with Gasteiger partial charge in [0.2, 0.25) is 0 Å². The van der Waals surface area contributed by atoms with Crippen molar-refractivity contribution >= 4 is 0 Å². The van der Waals surface area contributed by atoms with E-state index >= 15 is 0 Å². The minimum absolute atomic E-state index is 0.351. The molecule has 1 saturated carbocycles. The molecule has 2 heteroatoms. The molecule has 1 fully saturated rings. The summed E-state index contributed by atoms with van der Waals surface area (Å²) >= 11 is 0. The van der Waals surface area contributed by atoms with Crippen LogP contribution in [0.25, 0.3) is 0 Å². The average Bonchev–Trinajstić information content (AvgIpc) is 2.87. The van der Waals surface area contributed by atoms with Gasteiger partial charge in [0.1, 0.15) is 5.76 Å². The fourth-order valence-electron chi connectivity index (χ4n) is 1.83. The highest BCUT2D eigenvalue weighted by atomic mass is 16.3. The van der Waals surface area contributed by atoms with Crippen molar-refractivity contribution in [1.29, 1.82) is 0 Å². The molecule has 0 radical (unpaired) electrons. The minimum Gasteiger partial charge on any atom is -0.467 e. The first kappa shape index (κ1) is 9.78. The van der Waals surface area contributed by atoms with Crippen molar-refractivity contribution in [3.63, 3.8) is 0 Å². The summed E-state index contributed by atoms with van der Waals surface area (Å²) in [6, 6.07) is 2.37. The number of nitrogens with one attached hydrogen (secondary N) is 1. The smallest absolute Gasteiger partial charge is 0.123 e. The summed E-state index contributed by atoms with van der Waals surface area (Å²) in [5.41, 5.74) is 1.25. The predicted octanol–water partition coefficient (Wildman–Crippen LogP) is 3.04. The Morgan fingerprint density at radius 2 is 2.36 bits per heavy atom. The molecule has 0 saturated heterocycles. The molecule has 0 amide bonds. The monoisotopic (exact) mass is 193 g/mol. The summed E-state index contributed by atoms with van der Waals surface area (Å²) in [5, 5.41) is 3.50. The fraction of sp³-hybridized carbons (Fsp3) is 0.667. The lowest BCUT2D eigenvalue weighted by atomic mass is 10.1. The molecular weight excluding hydrogens is 174 g/mol. The van der Waals surface area contributed by atoms with Gasteiger partial charge in [0, 0.05) is 0 Å². The van der Waals surface area contributed by atoms with E-state index in [0.29, 0.717) is 6.04 Å². The zero-order chi connectivity index (χ0) is 9.97. The van der Waals surface area contributed by atoms with Gasteiger partial charge in [0.25, 0.3) is 0 Å². The van der Waals surface area contributed by atoms with Crippen LogP contribution in [0.15, 0.2) is 16.7 Å². The second kappa shape index (κ2) is 4.18. The molecule has 14 heavy (non-hydrogen) atoms. The van der Waals surface area contributed by atoms with Gasteiger partial charge < -0.3 is 9.73 Å². The van der Waals surface area contributed by atoms with Crippen LogP contribution in [0, 0.1) is 12.8 Å². The van der Waals surface area contributed by atoms with Gasteiger partial charge in [-0.15, -0.1) is 0 Å². The van der Waals surface area contributed by atoms with Crippen LogP contribution in [0.1, 0.15) is 43.6 Å². The van der Waals surface area contributed by atoms with Gasteiger partial charge in [-0.3, -0.25) is 0 Å². The Labute approximate surface area is 85.7 Å². The van der Waals surface area contributed by atoms with Crippen molar-refractivity contribution in [2.24, 2.45) is 5.92 Å². The molecule has 1 atom stereocenters. The van der Waals surface area contributed by atoms with Gasteiger partial charge in [-0.05, 0) is 44.4 Å². The number of hydrogen-bond acceptors (Lipinski definition) is 2. The average molecular weight is 193 g/mol. The van der Waals surface area contributed by atoms with Gasteiger partial charge in [-0.2, -0.15) is 0 Å². The molecule has 1 N–H and O–H groups in total. The van der Waals surface area contributed by atoms with E-state index in [-0.39, 0.29) is 0 Å². The molecule has 0 aliphatic heterocycles. The van der Waals surface area contributed by atoms with Crippen LogP contribution >= 0.6 is 0 Å². The summed E-state index contributed by atoms with van der Waals surface area (Å²) in [7, 11) is 0. The highest BCUT2D eigenvalue weighted by Crippen LogP contribution is 2.32. The van der Waals surface area contributed by atoms with Gasteiger partial charge in [-0.25, -0.2) is 0 Å². The topological polar surface area (TPSA) is 25.2 Å². The lowest BCUT2D eigenvalue weighted by Crippen LogP contribution is -2.20. The minimum atomic E-state index is 0.351. The molecule has 0 spiro atoms. The lowest BCUT2D eigenvalue weighted by Gasteiger charge is -2.11. The van der Waals surface area contributed by atoms with Crippen molar-refractivity contribution < 1.29 is 4.42 Å². The first-order chi connectivity index (χ1) is 6.77. The second-order valence-corrected chi connectivity index (χ2v) is 4.38. The summed E-state index contributed by atoms with van der Waals surface area (Å²) in [6.45, 7) is 5.38. The standard InChI is InChI=1S/C12H19NO/c1-9-6-8-14-12(9)10(2)13-7-5-11-3-4-11/h6,8,10-11,13H,3-5,7H2,1-2H3.